The van der Waals surface area contributed by atoms with Crippen molar-refractivity contribution in [2.24, 2.45) is 0 Å². The molecule has 2 N–H and O–H groups in total. The average molecular weight is 679 g/mol. The molecule has 6 aromatic rings. The Kier molecular flexibility index (Phi) is 10.7. The summed E-state index contributed by atoms with van der Waals surface area (Å²) in [6, 6.07) is 50.0. The molecule has 49 heavy (non-hydrogen) atoms. The highest BCUT2D eigenvalue weighted by atomic mass is 32.2. The minimum Gasteiger partial charge on any atom is -0.507 e. The van der Waals surface area contributed by atoms with Crippen molar-refractivity contribution in [1.29, 1.82) is 0 Å². The number of aromatic hydroxyl groups is 2. The van der Waals surface area contributed by atoms with Crippen molar-refractivity contribution in [1.82, 2.24) is 0 Å². The van der Waals surface area contributed by atoms with E-state index >= 15 is 0 Å². The van der Waals surface area contributed by atoms with Gasteiger partial charge in [-0.25, -0.2) is 0 Å². The lowest BCUT2D eigenvalue weighted by Crippen LogP contribution is -2.19. The first-order valence-corrected chi connectivity index (χ1v) is 19.4. The van der Waals surface area contributed by atoms with Crippen LogP contribution in [0, 0.1) is 0 Å². The van der Waals surface area contributed by atoms with Gasteiger partial charge in [0.1, 0.15) is 11.5 Å². The Hall–Kier alpha value is -4.38. The fourth-order valence-corrected chi connectivity index (χ4v) is 9.96. The van der Waals surface area contributed by atoms with Crippen molar-refractivity contribution in [2.45, 2.75) is 54.1 Å². The summed E-state index contributed by atoms with van der Waals surface area (Å²) in [5.41, 5.74) is 10.4. The van der Waals surface area contributed by atoms with Gasteiger partial charge in [0.25, 0.3) is 0 Å². The molecule has 0 amide bonds. The highest BCUT2D eigenvalue weighted by Gasteiger charge is 2.26. The monoisotopic (exact) mass is 678 g/mol. The first-order valence-electron chi connectivity index (χ1n) is 17.3. The summed E-state index contributed by atoms with van der Waals surface area (Å²) in [5, 5.41) is 24.2. The lowest BCUT2D eigenvalue weighted by molar-refractivity contribution is 0.472. The van der Waals surface area contributed by atoms with Crippen LogP contribution in [0.15, 0.2) is 146 Å². The number of hydrogen-bond acceptors (Lipinski definition) is 4. The zero-order valence-electron chi connectivity index (χ0n) is 27.7. The summed E-state index contributed by atoms with van der Waals surface area (Å²) >= 11 is 3.98. The normalized spacial score (nSPS) is 16.2. The maximum atomic E-state index is 11.6. The second-order valence-corrected chi connectivity index (χ2v) is 15.3. The maximum Gasteiger partial charge on any atom is 0.127 e. The summed E-state index contributed by atoms with van der Waals surface area (Å²) in [4.78, 5) is 0. The van der Waals surface area contributed by atoms with E-state index < -0.39 is 0 Å². The summed E-state index contributed by atoms with van der Waals surface area (Å²) in [5.74, 6) is 2.27. The standard InChI is InChI=1S/C45H42O2S2/c46-44-38(26-36(32-16-6-1-7-17-32)28-40(44)34-20-10-3-11-21-34)30-48-42-24-14-5-15-25-43(42)49-31-39-27-37(33-18-8-2-9-19-33)29-41(45(39)47)35-22-12-4-13-23-35/h1-4,6-13,16-23,26-29,42-43,46-47H,5,14-15,24-25,30-31H2/t42-,43-/m0/s1. The fraction of sp³-hybridized carbons (Fsp3) is 0.200. The van der Waals surface area contributed by atoms with Gasteiger partial charge in [-0.1, -0.05) is 141 Å². The van der Waals surface area contributed by atoms with Crippen LogP contribution in [0.2, 0.25) is 0 Å². The molecule has 2 atom stereocenters. The maximum absolute atomic E-state index is 11.6. The number of hydrogen-bond donors (Lipinski definition) is 2. The molecule has 1 saturated carbocycles. The molecule has 1 aliphatic rings. The largest absolute Gasteiger partial charge is 0.507 e. The van der Waals surface area contributed by atoms with E-state index in [1.165, 1.54) is 19.3 Å². The van der Waals surface area contributed by atoms with E-state index in [4.69, 9.17) is 0 Å². The highest BCUT2D eigenvalue weighted by molar-refractivity contribution is 8.03. The first kappa shape index (κ1) is 33.1. The molecule has 0 aromatic heterocycles. The second kappa shape index (κ2) is 15.9. The van der Waals surface area contributed by atoms with Crippen LogP contribution in [0.1, 0.15) is 43.2 Å². The van der Waals surface area contributed by atoms with E-state index in [2.05, 4.69) is 97.1 Å². The van der Waals surface area contributed by atoms with Gasteiger partial charge in [-0.3, -0.25) is 0 Å². The van der Waals surface area contributed by atoms with Crippen LogP contribution in [-0.4, -0.2) is 20.7 Å². The Labute approximate surface area is 299 Å². The molecule has 0 saturated heterocycles. The smallest absolute Gasteiger partial charge is 0.127 e. The van der Waals surface area contributed by atoms with Gasteiger partial charge in [-0.2, -0.15) is 23.5 Å². The molecular weight excluding hydrogens is 637 g/mol. The Morgan fingerprint density at radius 3 is 1.12 bits per heavy atom. The Balaban J connectivity index is 1.15. The summed E-state index contributed by atoms with van der Waals surface area (Å²) in [7, 11) is 0. The fourth-order valence-electron chi connectivity index (χ4n) is 6.89. The van der Waals surface area contributed by atoms with Gasteiger partial charge in [0.05, 0.1) is 0 Å². The number of benzene rings is 6. The van der Waals surface area contributed by atoms with Gasteiger partial charge in [-0.05, 0) is 70.5 Å². The third-order valence-electron chi connectivity index (χ3n) is 9.56. The number of phenols is 2. The minimum atomic E-state index is 0.382. The zero-order valence-corrected chi connectivity index (χ0v) is 29.3. The molecule has 2 nitrogen and oxygen atoms in total. The molecule has 0 radical (unpaired) electrons. The summed E-state index contributed by atoms with van der Waals surface area (Å²) < 4.78 is 0. The third-order valence-corrected chi connectivity index (χ3v) is 12.7. The van der Waals surface area contributed by atoms with Crippen LogP contribution in [0.4, 0.5) is 0 Å². The van der Waals surface area contributed by atoms with E-state index in [9.17, 15) is 10.2 Å². The second-order valence-electron chi connectivity index (χ2n) is 12.9. The Morgan fingerprint density at radius 1 is 0.408 bits per heavy atom. The van der Waals surface area contributed by atoms with Crippen LogP contribution in [-0.2, 0) is 11.5 Å². The van der Waals surface area contributed by atoms with E-state index in [-0.39, 0.29) is 0 Å². The van der Waals surface area contributed by atoms with E-state index in [1.54, 1.807) is 0 Å². The van der Waals surface area contributed by atoms with Gasteiger partial charge in [0, 0.05) is 44.3 Å². The van der Waals surface area contributed by atoms with Crippen LogP contribution in [0.5, 0.6) is 11.5 Å². The number of phenolic OH excluding ortho intramolecular Hbond substituents is 2. The van der Waals surface area contributed by atoms with Crippen molar-refractivity contribution >= 4 is 23.5 Å². The van der Waals surface area contributed by atoms with Crippen LogP contribution >= 0.6 is 23.5 Å². The summed E-state index contributed by atoms with van der Waals surface area (Å²) in [6.07, 6.45) is 6.05. The van der Waals surface area contributed by atoms with Gasteiger partial charge < -0.3 is 10.2 Å². The van der Waals surface area contributed by atoms with Crippen molar-refractivity contribution in [2.75, 3.05) is 0 Å². The van der Waals surface area contributed by atoms with E-state index in [0.29, 0.717) is 22.0 Å². The van der Waals surface area contributed by atoms with Gasteiger partial charge in [-0.15, -0.1) is 0 Å². The van der Waals surface area contributed by atoms with E-state index in [1.807, 2.05) is 72.1 Å². The van der Waals surface area contributed by atoms with Gasteiger partial charge >= 0.3 is 0 Å². The molecule has 4 heteroatoms. The van der Waals surface area contributed by atoms with Gasteiger partial charge in [0.2, 0.25) is 0 Å². The predicted octanol–water partition coefficient (Wildman–Crippen LogP) is 12.6. The lowest BCUT2D eigenvalue weighted by atomic mass is 9.95. The SMILES string of the molecule is Oc1c(CS[C@H]2CCCCC[C@@H]2SCc2cc(-c3ccccc3)cc(-c3ccccc3)c2O)cc(-c2ccccc2)cc1-c1ccccc1. The van der Waals surface area contributed by atoms with E-state index in [0.717, 1.165) is 80.0 Å². The zero-order chi connectivity index (χ0) is 33.4. The quantitative estimate of drug-likeness (QED) is 0.142. The van der Waals surface area contributed by atoms with Crippen LogP contribution in [0.3, 0.4) is 0 Å². The lowest BCUT2D eigenvalue weighted by Gasteiger charge is -2.25. The third kappa shape index (κ3) is 7.93. The molecule has 0 spiro atoms. The minimum absolute atomic E-state index is 0.382. The van der Waals surface area contributed by atoms with Crippen LogP contribution in [0.25, 0.3) is 44.5 Å². The predicted molar refractivity (Wildman–Crippen MR) is 211 cm³/mol. The van der Waals surface area contributed by atoms with Crippen molar-refractivity contribution < 1.29 is 10.2 Å². The molecule has 1 aliphatic carbocycles. The highest BCUT2D eigenvalue weighted by Crippen LogP contribution is 2.44. The molecule has 1 fully saturated rings. The topological polar surface area (TPSA) is 40.5 Å². The van der Waals surface area contributed by atoms with Crippen LogP contribution < -0.4 is 0 Å². The first-order chi connectivity index (χ1) is 24.1. The Bertz CT molecular complexity index is 1820. The van der Waals surface area contributed by atoms with Crippen molar-refractivity contribution in [3.8, 4) is 56.0 Å². The average Bonchev–Trinajstić information content (AvgIpc) is 3.40. The molecule has 0 bridgehead atoms. The molecular formula is C45H42O2S2. The number of thioether (sulfide) groups is 2. The molecule has 246 valence electrons. The van der Waals surface area contributed by atoms with Crippen molar-refractivity contribution in [3.05, 3.63) is 157 Å². The number of rotatable bonds is 10. The molecule has 7 rings (SSSR count). The van der Waals surface area contributed by atoms with Crippen molar-refractivity contribution in [3.63, 3.8) is 0 Å². The van der Waals surface area contributed by atoms with Gasteiger partial charge in [0.15, 0.2) is 0 Å². The summed E-state index contributed by atoms with van der Waals surface area (Å²) in [6.45, 7) is 0. The Morgan fingerprint density at radius 2 is 0.755 bits per heavy atom. The molecule has 0 aliphatic heterocycles. The molecule has 0 heterocycles. The molecule has 6 aromatic carbocycles. The molecule has 0 unspecified atom stereocenters.